The maximum atomic E-state index is 12.7. The van der Waals surface area contributed by atoms with Crippen LogP contribution in [0.5, 0.6) is 17.2 Å². The first-order valence-corrected chi connectivity index (χ1v) is 11.5. The van der Waals surface area contributed by atoms with Gasteiger partial charge >= 0.3 is 6.18 Å². The number of nitriles is 1. The fourth-order valence-electron chi connectivity index (χ4n) is 2.74. The monoisotopic (exact) mass is 538 g/mol. The van der Waals surface area contributed by atoms with Crippen LogP contribution in [-0.2, 0) is 11.0 Å². The van der Waals surface area contributed by atoms with Crippen LogP contribution in [0.25, 0.3) is 6.08 Å². The quantitative estimate of drug-likeness (QED) is 0.203. The summed E-state index contributed by atoms with van der Waals surface area (Å²) in [6.07, 6.45) is -3.43. The molecule has 1 N–H and O–H groups in total. The van der Waals surface area contributed by atoms with Gasteiger partial charge in [0.2, 0.25) is 10.1 Å². The number of hydrogen-bond acceptors (Lipinski definition) is 8. The van der Waals surface area contributed by atoms with Gasteiger partial charge in [-0.1, -0.05) is 41.1 Å². The Balaban J connectivity index is 1.67. The molecule has 2 aromatic carbocycles. The lowest BCUT2D eigenvalue weighted by Gasteiger charge is -2.13. The summed E-state index contributed by atoms with van der Waals surface area (Å²) >= 11 is 6.20. The van der Waals surface area contributed by atoms with Gasteiger partial charge in [-0.15, -0.1) is 10.2 Å². The Morgan fingerprint density at radius 1 is 1.11 bits per heavy atom. The molecule has 1 amide bonds. The molecule has 8 nitrogen and oxygen atoms in total. The molecule has 1 aromatic heterocycles. The number of para-hydroxylation sites is 1. The van der Waals surface area contributed by atoms with E-state index in [9.17, 15) is 23.2 Å². The van der Waals surface area contributed by atoms with Crippen molar-refractivity contribution in [2.24, 2.45) is 0 Å². The molecule has 0 bridgehead atoms. The Morgan fingerprint density at radius 2 is 1.83 bits per heavy atom. The molecular weight excluding hydrogens is 521 g/mol. The molecule has 188 valence electrons. The Morgan fingerprint density at radius 3 is 2.47 bits per heavy atom. The Kier molecular flexibility index (Phi) is 9.10. The van der Waals surface area contributed by atoms with Crippen LogP contribution in [0.4, 0.5) is 18.3 Å². The molecule has 0 fully saturated rings. The average molecular weight is 539 g/mol. The van der Waals surface area contributed by atoms with Crippen molar-refractivity contribution in [3.05, 3.63) is 63.6 Å². The number of amides is 1. The molecule has 0 atom stereocenters. The maximum absolute atomic E-state index is 12.7. The van der Waals surface area contributed by atoms with Crippen molar-refractivity contribution in [1.82, 2.24) is 10.2 Å². The van der Waals surface area contributed by atoms with E-state index in [-0.39, 0.29) is 35.3 Å². The fourth-order valence-corrected chi connectivity index (χ4v) is 3.53. The molecule has 0 saturated carbocycles. The van der Waals surface area contributed by atoms with Gasteiger partial charge in [0.15, 0.2) is 11.5 Å². The van der Waals surface area contributed by atoms with Crippen molar-refractivity contribution >= 4 is 40.1 Å². The lowest BCUT2D eigenvalue weighted by Crippen LogP contribution is -2.13. The number of carbonyl (C=O) groups excluding carboxylic acids is 1. The zero-order valence-electron chi connectivity index (χ0n) is 18.6. The Hall–Kier alpha value is -3.82. The first-order chi connectivity index (χ1) is 17.2. The summed E-state index contributed by atoms with van der Waals surface area (Å²) in [5, 5.41) is 16.7. The summed E-state index contributed by atoms with van der Waals surface area (Å²) in [6, 6.07) is 13.5. The normalized spacial score (nSPS) is 11.5. The van der Waals surface area contributed by atoms with Crippen molar-refractivity contribution < 1.29 is 32.2 Å². The molecule has 0 aliphatic heterocycles. The first-order valence-electron chi connectivity index (χ1n) is 10.3. The van der Waals surface area contributed by atoms with Gasteiger partial charge in [-0.05, 0) is 42.8 Å². The van der Waals surface area contributed by atoms with E-state index in [4.69, 9.17) is 25.8 Å². The van der Waals surface area contributed by atoms with E-state index in [2.05, 4.69) is 15.5 Å². The predicted molar refractivity (Wildman–Crippen MR) is 127 cm³/mol. The highest BCUT2D eigenvalue weighted by Gasteiger charge is 2.35. The summed E-state index contributed by atoms with van der Waals surface area (Å²) in [4.78, 5) is 12.4. The number of nitrogens with zero attached hydrogens (tertiary/aromatic N) is 3. The number of hydrogen-bond donors (Lipinski definition) is 1. The van der Waals surface area contributed by atoms with Gasteiger partial charge in [0.1, 0.15) is 30.6 Å². The second-order valence-corrected chi connectivity index (χ2v) is 8.19. The van der Waals surface area contributed by atoms with Crippen molar-refractivity contribution in [2.45, 2.75) is 13.1 Å². The minimum absolute atomic E-state index is 0.152. The van der Waals surface area contributed by atoms with E-state index in [0.29, 0.717) is 34.4 Å². The number of anilines is 1. The van der Waals surface area contributed by atoms with Crippen molar-refractivity contribution in [1.29, 1.82) is 5.26 Å². The summed E-state index contributed by atoms with van der Waals surface area (Å²) in [7, 11) is 0. The summed E-state index contributed by atoms with van der Waals surface area (Å²) in [5.74, 6) is 0.366. The second kappa shape index (κ2) is 12.2. The molecule has 0 aliphatic rings. The van der Waals surface area contributed by atoms with Crippen LogP contribution < -0.4 is 19.5 Å². The average Bonchev–Trinajstić information content (AvgIpc) is 3.31. The third-order valence-electron chi connectivity index (χ3n) is 4.27. The highest BCUT2D eigenvalue weighted by atomic mass is 35.5. The largest absolute Gasteiger partial charge is 0.490 e. The molecular formula is C23H18ClF3N4O4S. The maximum Gasteiger partial charge on any atom is 0.445 e. The summed E-state index contributed by atoms with van der Waals surface area (Å²) in [5.41, 5.74) is 0.0704. The number of halogens is 4. The zero-order valence-corrected chi connectivity index (χ0v) is 20.2. The predicted octanol–water partition coefficient (Wildman–Crippen LogP) is 5.61. The van der Waals surface area contributed by atoms with Crippen molar-refractivity contribution in [3.8, 4) is 23.3 Å². The van der Waals surface area contributed by atoms with Crippen LogP contribution in [0.1, 0.15) is 17.5 Å². The Labute approximate surface area is 212 Å². The van der Waals surface area contributed by atoms with Gasteiger partial charge < -0.3 is 14.2 Å². The molecule has 0 radical (unpaired) electrons. The third-order valence-corrected chi connectivity index (χ3v) is 5.46. The SMILES string of the molecule is CCOc1cc(C=C(C#N)C(=O)Nc2nnc(C(F)(F)F)s2)ccc1OCCOc1ccccc1Cl. The number of aromatic nitrogens is 2. The molecule has 1 heterocycles. The number of ether oxygens (including phenoxy) is 3. The molecule has 0 aliphatic carbocycles. The number of nitrogens with one attached hydrogen (secondary N) is 1. The van der Waals surface area contributed by atoms with E-state index in [1.807, 2.05) is 0 Å². The van der Waals surface area contributed by atoms with Gasteiger partial charge in [0.25, 0.3) is 5.91 Å². The highest BCUT2D eigenvalue weighted by molar-refractivity contribution is 7.15. The standard InChI is InChI=1S/C23H18ClF3N4O4S/c1-2-33-19-12-14(7-8-18(19)35-10-9-34-17-6-4-3-5-16(17)24)11-15(13-28)20(32)29-22-31-30-21(36-22)23(25,26)27/h3-8,11-12H,2,9-10H2,1H3,(H,29,31,32). The van der Waals surface area contributed by atoms with Crippen molar-refractivity contribution in [2.75, 3.05) is 25.1 Å². The van der Waals surface area contributed by atoms with Gasteiger partial charge in [0.05, 0.1) is 11.6 Å². The van der Waals surface area contributed by atoms with Gasteiger partial charge in [-0.2, -0.15) is 18.4 Å². The van der Waals surface area contributed by atoms with Crippen LogP contribution in [0.2, 0.25) is 5.02 Å². The third kappa shape index (κ3) is 7.34. The molecule has 3 aromatic rings. The lowest BCUT2D eigenvalue weighted by atomic mass is 10.1. The van der Waals surface area contributed by atoms with Crippen LogP contribution in [-0.4, -0.2) is 35.9 Å². The molecule has 13 heteroatoms. The zero-order chi connectivity index (χ0) is 26.1. The van der Waals surface area contributed by atoms with Gasteiger partial charge in [0, 0.05) is 0 Å². The first kappa shape index (κ1) is 26.8. The minimum atomic E-state index is -4.69. The van der Waals surface area contributed by atoms with Crippen LogP contribution >= 0.6 is 22.9 Å². The lowest BCUT2D eigenvalue weighted by molar-refractivity contribution is -0.138. The van der Waals surface area contributed by atoms with E-state index in [1.165, 1.54) is 6.08 Å². The molecule has 36 heavy (non-hydrogen) atoms. The van der Waals surface area contributed by atoms with Crippen LogP contribution in [0.15, 0.2) is 48.0 Å². The van der Waals surface area contributed by atoms with E-state index < -0.39 is 17.1 Å². The van der Waals surface area contributed by atoms with E-state index in [1.54, 1.807) is 55.5 Å². The van der Waals surface area contributed by atoms with E-state index >= 15 is 0 Å². The van der Waals surface area contributed by atoms with Crippen LogP contribution in [0.3, 0.4) is 0 Å². The molecule has 3 rings (SSSR count). The van der Waals surface area contributed by atoms with Gasteiger partial charge in [-0.3, -0.25) is 10.1 Å². The second-order valence-electron chi connectivity index (χ2n) is 6.80. The number of benzene rings is 2. The highest BCUT2D eigenvalue weighted by Crippen LogP contribution is 2.33. The number of carbonyl (C=O) groups is 1. The van der Waals surface area contributed by atoms with E-state index in [0.717, 1.165) is 0 Å². The molecule has 0 spiro atoms. The van der Waals surface area contributed by atoms with Crippen LogP contribution in [0, 0.1) is 11.3 Å². The molecule has 0 saturated heterocycles. The smallest absolute Gasteiger partial charge is 0.445 e. The summed E-state index contributed by atoms with van der Waals surface area (Å²) in [6.45, 7) is 2.51. The number of rotatable bonds is 10. The fraction of sp³-hybridized carbons (Fsp3) is 0.217. The minimum Gasteiger partial charge on any atom is -0.490 e. The van der Waals surface area contributed by atoms with Gasteiger partial charge in [-0.25, -0.2) is 0 Å². The number of alkyl halides is 3. The van der Waals surface area contributed by atoms with Crippen molar-refractivity contribution in [3.63, 3.8) is 0 Å². The molecule has 0 unspecified atom stereocenters. The topological polar surface area (TPSA) is 106 Å². The Bertz CT molecular complexity index is 1290. The summed E-state index contributed by atoms with van der Waals surface area (Å²) < 4.78 is 54.9.